The average molecular weight is 285 g/mol. The van der Waals surface area contributed by atoms with Gasteiger partial charge in [-0.15, -0.1) is 0 Å². The van der Waals surface area contributed by atoms with Gasteiger partial charge in [0.25, 0.3) is 0 Å². The maximum absolute atomic E-state index is 12.4. The zero-order chi connectivity index (χ0) is 14.6. The predicted octanol–water partition coefficient (Wildman–Crippen LogP) is 2.18. The van der Waals surface area contributed by atoms with Crippen molar-refractivity contribution in [3.8, 4) is 0 Å². The Morgan fingerprint density at radius 3 is 2.37 bits per heavy atom. The Morgan fingerprint density at radius 2 is 1.95 bits per heavy atom. The number of sulfonamides is 1. The van der Waals surface area contributed by atoms with E-state index in [9.17, 15) is 8.42 Å². The summed E-state index contributed by atoms with van der Waals surface area (Å²) in [7, 11) is -0.103. The minimum atomic E-state index is -3.47. The second-order valence-corrected chi connectivity index (χ2v) is 7.13. The first-order valence-electron chi connectivity index (χ1n) is 6.41. The summed E-state index contributed by atoms with van der Waals surface area (Å²) >= 11 is 0. The third-order valence-corrected chi connectivity index (χ3v) is 5.06. The molecule has 108 valence electrons. The van der Waals surface area contributed by atoms with E-state index in [-0.39, 0.29) is 10.9 Å². The molecule has 0 aromatic carbocycles. The Hall–Kier alpha value is -1.14. The molecular weight excluding hydrogens is 262 g/mol. The van der Waals surface area contributed by atoms with Crippen molar-refractivity contribution in [2.45, 2.75) is 38.1 Å². The van der Waals surface area contributed by atoms with Crippen LogP contribution in [-0.4, -0.2) is 37.8 Å². The Labute approximate surface area is 116 Å². The smallest absolute Gasteiger partial charge is 0.244 e. The highest BCUT2D eigenvalue weighted by molar-refractivity contribution is 7.89. The number of aromatic nitrogens is 1. The lowest BCUT2D eigenvalue weighted by Crippen LogP contribution is -2.35. The molecule has 0 aliphatic carbocycles. The number of nitrogens with one attached hydrogen (secondary N) is 1. The molecule has 1 heterocycles. The second-order valence-electron chi connectivity index (χ2n) is 5.13. The van der Waals surface area contributed by atoms with Crippen LogP contribution in [0.2, 0.25) is 0 Å². The molecule has 0 bridgehead atoms. The molecule has 1 N–H and O–H groups in total. The molecule has 0 saturated carbocycles. The SMILES string of the molecule is CNc1ccc(S(=O)(=O)N(C)C(C)CC(C)C)cn1. The maximum Gasteiger partial charge on any atom is 0.244 e. The highest BCUT2D eigenvalue weighted by Crippen LogP contribution is 2.20. The molecule has 1 unspecified atom stereocenters. The number of anilines is 1. The quantitative estimate of drug-likeness (QED) is 0.870. The molecule has 0 fully saturated rings. The number of pyridine rings is 1. The minimum Gasteiger partial charge on any atom is -0.373 e. The van der Waals surface area contributed by atoms with Crippen molar-refractivity contribution in [1.82, 2.24) is 9.29 Å². The van der Waals surface area contributed by atoms with Crippen molar-refractivity contribution in [1.29, 1.82) is 0 Å². The summed E-state index contributed by atoms with van der Waals surface area (Å²) in [6, 6.07) is 3.20. The van der Waals surface area contributed by atoms with Crippen LogP contribution in [0.4, 0.5) is 5.82 Å². The summed E-state index contributed by atoms with van der Waals surface area (Å²) in [4.78, 5) is 4.28. The van der Waals surface area contributed by atoms with Crippen LogP contribution >= 0.6 is 0 Å². The third-order valence-electron chi connectivity index (χ3n) is 3.10. The van der Waals surface area contributed by atoms with Gasteiger partial charge in [-0.1, -0.05) is 13.8 Å². The van der Waals surface area contributed by atoms with Crippen LogP contribution in [0.5, 0.6) is 0 Å². The molecule has 5 nitrogen and oxygen atoms in total. The van der Waals surface area contributed by atoms with Crippen molar-refractivity contribution in [3.63, 3.8) is 0 Å². The fourth-order valence-electron chi connectivity index (χ4n) is 1.91. The van der Waals surface area contributed by atoms with Gasteiger partial charge in [-0.05, 0) is 31.4 Å². The van der Waals surface area contributed by atoms with Crippen LogP contribution in [0.15, 0.2) is 23.2 Å². The van der Waals surface area contributed by atoms with Gasteiger partial charge < -0.3 is 5.32 Å². The maximum atomic E-state index is 12.4. The fourth-order valence-corrected chi connectivity index (χ4v) is 3.23. The van der Waals surface area contributed by atoms with Gasteiger partial charge in [-0.25, -0.2) is 13.4 Å². The lowest BCUT2D eigenvalue weighted by molar-refractivity contribution is 0.337. The second kappa shape index (κ2) is 6.34. The van der Waals surface area contributed by atoms with E-state index in [0.29, 0.717) is 11.7 Å². The van der Waals surface area contributed by atoms with E-state index in [1.54, 1.807) is 26.2 Å². The lowest BCUT2D eigenvalue weighted by atomic mass is 10.1. The number of nitrogens with zero attached hydrogens (tertiary/aromatic N) is 2. The van der Waals surface area contributed by atoms with Gasteiger partial charge in [0.05, 0.1) is 0 Å². The predicted molar refractivity (Wildman–Crippen MR) is 77.6 cm³/mol. The largest absolute Gasteiger partial charge is 0.373 e. The summed E-state index contributed by atoms with van der Waals surface area (Å²) in [6.07, 6.45) is 2.22. The third kappa shape index (κ3) is 3.91. The van der Waals surface area contributed by atoms with Crippen molar-refractivity contribution in [3.05, 3.63) is 18.3 Å². The molecule has 1 rings (SSSR count). The molecule has 1 atom stereocenters. The lowest BCUT2D eigenvalue weighted by Gasteiger charge is -2.25. The van der Waals surface area contributed by atoms with Crippen molar-refractivity contribution < 1.29 is 8.42 Å². The number of rotatable bonds is 6. The summed E-state index contributed by atoms with van der Waals surface area (Å²) in [5, 5.41) is 2.86. The van der Waals surface area contributed by atoms with Crippen LogP contribution in [0.1, 0.15) is 27.2 Å². The van der Waals surface area contributed by atoms with Gasteiger partial charge >= 0.3 is 0 Å². The van der Waals surface area contributed by atoms with Crippen molar-refractivity contribution in [2.24, 2.45) is 5.92 Å². The Balaban J connectivity index is 2.95. The fraction of sp³-hybridized carbons (Fsp3) is 0.615. The molecule has 1 aromatic heterocycles. The molecule has 6 heteroatoms. The van der Waals surface area contributed by atoms with Gasteiger partial charge in [0.15, 0.2) is 0 Å². The summed E-state index contributed by atoms with van der Waals surface area (Å²) in [6.45, 7) is 6.09. The molecule has 0 radical (unpaired) electrons. The zero-order valence-corrected chi connectivity index (χ0v) is 13.0. The average Bonchev–Trinajstić information content (AvgIpc) is 2.37. The summed E-state index contributed by atoms with van der Waals surface area (Å²) < 4.78 is 26.3. The van der Waals surface area contributed by atoms with Crippen LogP contribution < -0.4 is 5.32 Å². The van der Waals surface area contributed by atoms with E-state index >= 15 is 0 Å². The van der Waals surface area contributed by atoms with Gasteiger partial charge in [0.2, 0.25) is 10.0 Å². The minimum absolute atomic E-state index is 0.0334. The zero-order valence-electron chi connectivity index (χ0n) is 12.2. The molecule has 0 amide bonds. The Bertz CT molecular complexity index is 497. The molecule has 0 aliphatic rings. The summed E-state index contributed by atoms with van der Waals surface area (Å²) in [5.74, 6) is 1.11. The van der Waals surface area contributed by atoms with Gasteiger partial charge in [0.1, 0.15) is 10.7 Å². The Kier molecular flexibility index (Phi) is 5.31. The summed E-state index contributed by atoms with van der Waals surface area (Å²) in [5.41, 5.74) is 0. The molecule has 1 aromatic rings. The van der Waals surface area contributed by atoms with E-state index in [0.717, 1.165) is 6.42 Å². The number of hydrogen-bond acceptors (Lipinski definition) is 4. The highest BCUT2D eigenvalue weighted by atomic mass is 32.2. The van der Waals surface area contributed by atoms with E-state index in [1.165, 1.54) is 10.5 Å². The highest BCUT2D eigenvalue weighted by Gasteiger charge is 2.25. The van der Waals surface area contributed by atoms with Gasteiger partial charge in [0, 0.05) is 26.3 Å². The molecule has 19 heavy (non-hydrogen) atoms. The van der Waals surface area contributed by atoms with Crippen molar-refractivity contribution in [2.75, 3.05) is 19.4 Å². The van der Waals surface area contributed by atoms with Crippen LogP contribution in [-0.2, 0) is 10.0 Å². The molecule has 0 spiro atoms. The Morgan fingerprint density at radius 1 is 1.32 bits per heavy atom. The van der Waals surface area contributed by atoms with Crippen LogP contribution in [0, 0.1) is 5.92 Å². The van der Waals surface area contributed by atoms with Crippen LogP contribution in [0.3, 0.4) is 0 Å². The van der Waals surface area contributed by atoms with Crippen molar-refractivity contribution >= 4 is 15.8 Å². The monoisotopic (exact) mass is 285 g/mol. The standard InChI is InChI=1S/C13H23N3O2S/c1-10(2)8-11(3)16(5)19(17,18)12-6-7-13(14-4)15-9-12/h6-7,9-11H,8H2,1-5H3,(H,14,15). The van der Waals surface area contributed by atoms with E-state index in [2.05, 4.69) is 24.1 Å². The van der Waals surface area contributed by atoms with E-state index in [4.69, 9.17) is 0 Å². The van der Waals surface area contributed by atoms with Crippen LogP contribution in [0.25, 0.3) is 0 Å². The van der Waals surface area contributed by atoms with E-state index < -0.39 is 10.0 Å². The normalized spacial score (nSPS) is 13.8. The first kappa shape index (κ1) is 15.9. The molecular formula is C13H23N3O2S. The number of hydrogen-bond donors (Lipinski definition) is 1. The first-order chi connectivity index (χ1) is 8.78. The first-order valence-corrected chi connectivity index (χ1v) is 7.85. The van der Waals surface area contributed by atoms with Gasteiger partial charge in [-0.3, -0.25) is 0 Å². The van der Waals surface area contributed by atoms with E-state index in [1.807, 2.05) is 6.92 Å². The molecule has 0 aliphatic heterocycles. The molecule has 0 saturated heterocycles. The topological polar surface area (TPSA) is 62.3 Å². The van der Waals surface area contributed by atoms with Gasteiger partial charge in [-0.2, -0.15) is 4.31 Å².